The number of hydrogen-bond donors (Lipinski definition) is 0. The highest BCUT2D eigenvalue weighted by Crippen LogP contribution is 2.18. The van der Waals surface area contributed by atoms with Crippen LogP contribution in [0.5, 0.6) is 0 Å². The van der Waals surface area contributed by atoms with E-state index in [0.29, 0.717) is 6.61 Å². The van der Waals surface area contributed by atoms with E-state index < -0.39 is 0 Å². The van der Waals surface area contributed by atoms with Gasteiger partial charge in [-0.3, -0.25) is 9.78 Å². The smallest absolute Gasteiger partial charge is 0.310 e. The van der Waals surface area contributed by atoms with Crippen molar-refractivity contribution in [3.8, 4) is 0 Å². The number of methoxy groups -OCH3 is 1. The number of aromatic nitrogens is 1. The van der Waals surface area contributed by atoms with E-state index >= 15 is 0 Å². The lowest BCUT2D eigenvalue weighted by atomic mass is 10.0. The molecule has 19 heavy (non-hydrogen) atoms. The number of pyridine rings is 1. The Kier molecular flexibility index (Phi) is 4.72. The van der Waals surface area contributed by atoms with Gasteiger partial charge in [-0.2, -0.15) is 0 Å². The van der Waals surface area contributed by atoms with Gasteiger partial charge in [0.25, 0.3) is 0 Å². The van der Waals surface area contributed by atoms with Crippen LogP contribution >= 0.6 is 0 Å². The van der Waals surface area contributed by atoms with Crippen LogP contribution in [0.3, 0.4) is 0 Å². The molecule has 0 bridgehead atoms. The fourth-order valence-corrected chi connectivity index (χ4v) is 1.85. The monoisotopic (exact) mass is 259 g/mol. The maximum atomic E-state index is 11.7. The maximum absolute atomic E-state index is 11.7. The summed E-state index contributed by atoms with van der Waals surface area (Å²) in [6.07, 6.45) is 9.24. The molecule has 2 rings (SSSR count). The summed E-state index contributed by atoms with van der Waals surface area (Å²) in [5.41, 5.74) is 1.98. The van der Waals surface area contributed by atoms with E-state index in [-0.39, 0.29) is 12.4 Å². The van der Waals surface area contributed by atoms with E-state index in [2.05, 4.69) is 4.98 Å². The van der Waals surface area contributed by atoms with Crippen LogP contribution < -0.4 is 0 Å². The lowest BCUT2D eigenvalue weighted by Gasteiger charge is -2.13. The molecule has 1 aliphatic carbocycles. The van der Waals surface area contributed by atoms with Crippen LogP contribution in [0.1, 0.15) is 18.4 Å². The zero-order valence-corrected chi connectivity index (χ0v) is 11.0. The van der Waals surface area contributed by atoms with Crippen LogP contribution in [0.4, 0.5) is 0 Å². The summed E-state index contributed by atoms with van der Waals surface area (Å²) in [4.78, 5) is 15.6. The first kappa shape index (κ1) is 13.3. The molecule has 0 aliphatic heterocycles. The maximum Gasteiger partial charge on any atom is 0.310 e. The molecule has 100 valence electrons. The molecule has 0 saturated carbocycles. The van der Waals surface area contributed by atoms with E-state index in [0.717, 1.165) is 29.7 Å². The number of nitrogens with zero attached hydrogens (tertiary/aromatic N) is 1. The number of hydrogen-bond acceptors (Lipinski definition) is 4. The minimum absolute atomic E-state index is 0.226. The molecule has 1 aromatic heterocycles. The Labute approximate surface area is 112 Å². The summed E-state index contributed by atoms with van der Waals surface area (Å²) in [7, 11) is 1.67. The Balaban J connectivity index is 1.78. The Morgan fingerprint density at radius 2 is 2.26 bits per heavy atom. The summed E-state index contributed by atoms with van der Waals surface area (Å²) in [6, 6.07) is 3.67. The van der Waals surface area contributed by atoms with Crippen molar-refractivity contribution in [1.29, 1.82) is 0 Å². The fourth-order valence-electron chi connectivity index (χ4n) is 1.85. The van der Waals surface area contributed by atoms with E-state index in [9.17, 15) is 4.79 Å². The fraction of sp³-hybridized carbons (Fsp3) is 0.333. The topological polar surface area (TPSA) is 48.4 Å². The molecule has 4 nitrogen and oxygen atoms in total. The number of ether oxygens (including phenoxy) is 2. The lowest BCUT2D eigenvalue weighted by Crippen LogP contribution is -2.11. The summed E-state index contributed by atoms with van der Waals surface area (Å²) in [5.74, 6) is 0.737. The first-order valence-electron chi connectivity index (χ1n) is 6.25. The van der Waals surface area contributed by atoms with Crippen LogP contribution in [0.2, 0.25) is 0 Å². The first-order valence-corrected chi connectivity index (χ1v) is 6.25. The zero-order chi connectivity index (χ0) is 13.5. The van der Waals surface area contributed by atoms with Crippen LogP contribution in [0.25, 0.3) is 0 Å². The summed E-state index contributed by atoms with van der Waals surface area (Å²) in [5, 5.41) is 0. The molecular weight excluding hydrogens is 242 g/mol. The molecular formula is C15H17NO3. The number of esters is 1. The molecule has 0 spiro atoms. The van der Waals surface area contributed by atoms with E-state index in [4.69, 9.17) is 9.47 Å². The van der Waals surface area contributed by atoms with Crippen molar-refractivity contribution in [3.63, 3.8) is 0 Å². The third-order valence-electron chi connectivity index (χ3n) is 2.95. The van der Waals surface area contributed by atoms with Crippen molar-refractivity contribution >= 4 is 5.97 Å². The van der Waals surface area contributed by atoms with E-state index in [1.165, 1.54) is 0 Å². The largest absolute Gasteiger partial charge is 0.501 e. The van der Waals surface area contributed by atoms with Crippen LogP contribution in [-0.4, -0.2) is 24.7 Å². The number of rotatable bonds is 5. The van der Waals surface area contributed by atoms with Crippen molar-refractivity contribution in [2.45, 2.75) is 19.3 Å². The van der Waals surface area contributed by atoms with Gasteiger partial charge in [0.1, 0.15) is 6.61 Å². The summed E-state index contributed by atoms with van der Waals surface area (Å²) in [6.45, 7) is 0.354. The van der Waals surface area contributed by atoms with Crippen LogP contribution in [0.15, 0.2) is 48.0 Å². The molecule has 1 aliphatic rings. The third kappa shape index (κ3) is 4.25. The minimum atomic E-state index is -0.226. The van der Waals surface area contributed by atoms with E-state index in [1.807, 2.05) is 24.3 Å². The second kappa shape index (κ2) is 6.73. The second-order valence-electron chi connectivity index (χ2n) is 4.36. The molecule has 0 amide bonds. The van der Waals surface area contributed by atoms with Gasteiger partial charge in [0, 0.05) is 18.8 Å². The van der Waals surface area contributed by atoms with Crippen LogP contribution in [-0.2, 0) is 20.7 Å². The Morgan fingerprint density at radius 3 is 2.89 bits per heavy atom. The molecule has 0 saturated heterocycles. The predicted octanol–water partition coefficient (Wildman–Crippen LogP) is 2.42. The van der Waals surface area contributed by atoms with Crippen molar-refractivity contribution in [2.24, 2.45) is 0 Å². The van der Waals surface area contributed by atoms with Gasteiger partial charge >= 0.3 is 5.97 Å². The van der Waals surface area contributed by atoms with Gasteiger partial charge < -0.3 is 9.47 Å². The van der Waals surface area contributed by atoms with Gasteiger partial charge in [-0.25, -0.2) is 0 Å². The third-order valence-corrected chi connectivity index (χ3v) is 2.95. The normalized spacial score (nSPS) is 14.4. The summed E-state index contributed by atoms with van der Waals surface area (Å²) >= 11 is 0. The highest BCUT2D eigenvalue weighted by atomic mass is 16.5. The second-order valence-corrected chi connectivity index (χ2v) is 4.36. The number of carbonyl (C=O) groups is 1. The number of carbonyl (C=O) groups excluding carboxylic acids is 1. The zero-order valence-electron chi connectivity index (χ0n) is 11.0. The highest BCUT2D eigenvalue weighted by molar-refractivity contribution is 5.72. The quantitative estimate of drug-likeness (QED) is 0.762. The van der Waals surface area contributed by atoms with Gasteiger partial charge in [-0.1, -0.05) is 12.1 Å². The first-order chi connectivity index (χ1) is 9.28. The average Bonchev–Trinajstić information content (AvgIpc) is 2.47. The molecule has 0 radical (unpaired) electrons. The van der Waals surface area contributed by atoms with Crippen molar-refractivity contribution in [1.82, 2.24) is 4.98 Å². The van der Waals surface area contributed by atoms with Gasteiger partial charge in [0.2, 0.25) is 0 Å². The standard InChI is InChI=1S/C15H17NO3/c1-18-14-6-4-12(5-7-14)11-19-15(17)9-13-3-2-8-16-10-13/h2-4,6,8,10H,5,7,9,11H2,1H3. The molecule has 1 aromatic rings. The van der Waals surface area contributed by atoms with Crippen molar-refractivity contribution in [3.05, 3.63) is 53.6 Å². The molecule has 0 N–H and O–H groups in total. The van der Waals surface area contributed by atoms with Crippen LogP contribution in [0, 0.1) is 0 Å². The Bertz CT molecular complexity index is 491. The average molecular weight is 259 g/mol. The van der Waals surface area contributed by atoms with Crippen molar-refractivity contribution < 1.29 is 14.3 Å². The summed E-state index contributed by atoms with van der Waals surface area (Å²) < 4.78 is 10.4. The van der Waals surface area contributed by atoms with Crippen molar-refractivity contribution in [2.75, 3.05) is 13.7 Å². The molecule has 0 fully saturated rings. The number of allylic oxidation sites excluding steroid dienone is 3. The highest BCUT2D eigenvalue weighted by Gasteiger charge is 2.10. The lowest BCUT2D eigenvalue weighted by molar-refractivity contribution is -0.141. The molecule has 0 unspecified atom stereocenters. The van der Waals surface area contributed by atoms with Gasteiger partial charge in [0.15, 0.2) is 0 Å². The molecule has 0 aromatic carbocycles. The minimum Gasteiger partial charge on any atom is -0.501 e. The predicted molar refractivity (Wildman–Crippen MR) is 71.3 cm³/mol. The Morgan fingerprint density at radius 1 is 1.37 bits per heavy atom. The molecule has 0 atom stereocenters. The Hall–Kier alpha value is -2.10. The van der Waals surface area contributed by atoms with Gasteiger partial charge in [-0.15, -0.1) is 0 Å². The van der Waals surface area contributed by atoms with E-state index in [1.54, 1.807) is 19.5 Å². The SMILES string of the molecule is COC1=CC=C(COC(=O)Cc2cccnc2)CC1. The molecule has 4 heteroatoms. The molecule has 1 heterocycles. The van der Waals surface area contributed by atoms with Gasteiger partial charge in [-0.05, 0) is 29.7 Å². The van der Waals surface area contributed by atoms with Gasteiger partial charge in [0.05, 0.1) is 19.3 Å².